The standard InChI is InChI=1S/C20H47ClSi7/c1-22(2,3)26(13,23(4,5)6)28(21,20-18-16-15-17-19-20)27(14,24(7,8)9)25(10,11)12/h15-19H,1-14H3. The van der Waals surface area contributed by atoms with Crippen molar-refractivity contribution in [2.75, 3.05) is 0 Å². The lowest BCUT2D eigenvalue weighted by Gasteiger charge is -2.66. The van der Waals surface area contributed by atoms with Gasteiger partial charge in [0.1, 0.15) is 0 Å². The summed E-state index contributed by atoms with van der Waals surface area (Å²) in [5, 5.41) is 1.63. The van der Waals surface area contributed by atoms with Crippen LogP contribution < -0.4 is 5.19 Å². The highest BCUT2D eigenvalue weighted by atomic mass is 35.6. The van der Waals surface area contributed by atoms with Gasteiger partial charge in [-0.1, -0.05) is 122 Å². The maximum absolute atomic E-state index is 8.62. The van der Waals surface area contributed by atoms with E-state index in [-0.39, 0.29) is 0 Å². The van der Waals surface area contributed by atoms with Crippen LogP contribution in [0.3, 0.4) is 0 Å². The molecule has 0 unspecified atom stereocenters. The van der Waals surface area contributed by atoms with Crippen molar-refractivity contribution in [1.82, 2.24) is 0 Å². The van der Waals surface area contributed by atoms with Crippen LogP contribution in [0, 0.1) is 0 Å². The van der Waals surface area contributed by atoms with Crippen molar-refractivity contribution in [1.29, 1.82) is 0 Å². The van der Waals surface area contributed by atoms with E-state index in [1.165, 1.54) is 0 Å². The smallest absolute Gasteiger partial charge is 0.157 e. The van der Waals surface area contributed by atoms with Gasteiger partial charge in [-0.3, -0.25) is 0 Å². The molecule has 0 amide bonds. The van der Waals surface area contributed by atoms with Gasteiger partial charge in [-0.25, -0.2) is 0 Å². The lowest BCUT2D eigenvalue weighted by molar-refractivity contribution is 1.72. The van der Waals surface area contributed by atoms with Gasteiger partial charge < -0.3 is 0 Å². The van der Waals surface area contributed by atoms with Crippen molar-refractivity contribution in [3.63, 3.8) is 0 Å². The largest absolute Gasteiger partial charge is 0.169 e. The van der Waals surface area contributed by atoms with E-state index in [0.717, 1.165) is 0 Å². The molecule has 0 atom stereocenters. The summed E-state index contributed by atoms with van der Waals surface area (Å²) < 4.78 is 0. The van der Waals surface area contributed by atoms with Gasteiger partial charge in [0.15, 0.2) is 6.42 Å². The van der Waals surface area contributed by atoms with Gasteiger partial charge in [0, 0.05) is 30.4 Å². The summed E-state index contributed by atoms with van der Waals surface area (Å²) in [5.41, 5.74) is 0. The molecule has 1 aromatic rings. The number of benzene rings is 1. The molecule has 0 N–H and O–H groups in total. The maximum Gasteiger partial charge on any atom is 0.157 e. The molecule has 0 radical (unpaired) electrons. The Morgan fingerprint density at radius 1 is 0.464 bits per heavy atom. The van der Waals surface area contributed by atoms with Crippen LogP contribution in [0.15, 0.2) is 30.3 Å². The number of hydrogen-bond acceptors (Lipinski definition) is 0. The van der Waals surface area contributed by atoms with Crippen LogP contribution in [-0.4, -0.2) is 50.0 Å². The third kappa shape index (κ3) is 3.84. The Kier molecular flexibility index (Phi) is 7.60. The molecule has 162 valence electrons. The predicted octanol–water partition coefficient (Wildman–Crippen LogP) is 7.06. The molecular formula is C20H47ClSi7. The Morgan fingerprint density at radius 3 is 0.929 bits per heavy atom. The van der Waals surface area contributed by atoms with Gasteiger partial charge in [-0.05, 0) is 5.19 Å². The van der Waals surface area contributed by atoms with E-state index < -0.39 is 50.0 Å². The van der Waals surface area contributed by atoms with Crippen molar-refractivity contribution < 1.29 is 0 Å². The second-order valence-electron chi connectivity index (χ2n) is 13.3. The molecule has 1 rings (SSSR count). The summed E-state index contributed by atoms with van der Waals surface area (Å²) >= 11 is 8.62. The van der Waals surface area contributed by atoms with Crippen molar-refractivity contribution in [3.05, 3.63) is 30.3 Å². The van der Waals surface area contributed by atoms with E-state index in [1.54, 1.807) is 5.19 Å². The van der Waals surface area contributed by atoms with Crippen LogP contribution in [0.5, 0.6) is 0 Å². The van der Waals surface area contributed by atoms with Gasteiger partial charge in [0.2, 0.25) is 0 Å². The number of hydrogen-bond donors (Lipinski definition) is 0. The topological polar surface area (TPSA) is 0 Å². The summed E-state index contributed by atoms with van der Waals surface area (Å²) in [5.74, 6) is 0. The molecule has 0 heterocycles. The first kappa shape index (κ1) is 27.1. The van der Waals surface area contributed by atoms with E-state index >= 15 is 0 Å². The SMILES string of the molecule is C[Si](C)(C)[Si](C)([Si](C)(C)C)[Si](Cl)(c1ccccc1)[Si](C)([Si](C)(C)C)[Si](C)(C)C. The molecule has 0 saturated heterocycles. The summed E-state index contributed by atoms with van der Waals surface area (Å²) in [4.78, 5) is 0. The molecule has 0 fully saturated rings. The zero-order valence-electron chi connectivity index (χ0n) is 21.3. The quantitative estimate of drug-likeness (QED) is 0.267. The first-order chi connectivity index (χ1) is 12.1. The maximum atomic E-state index is 8.62. The molecule has 0 spiro atoms. The fourth-order valence-corrected chi connectivity index (χ4v) is 255. The zero-order chi connectivity index (χ0) is 22.6. The van der Waals surface area contributed by atoms with Crippen LogP contribution in [-0.2, 0) is 0 Å². The minimum atomic E-state index is -2.18. The number of halogens is 1. The highest BCUT2D eigenvalue weighted by Crippen LogP contribution is 2.48. The van der Waals surface area contributed by atoms with E-state index in [2.05, 4.69) is 122 Å². The third-order valence-electron chi connectivity index (χ3n) is 8.55. The fraction of sp³-hybridized carbons (Fsp3) is 0.700. The molecule has 0 aliphatic rings. The summed E-state index contributed by atoms with van der Waals surface area (Å²) in [6, 6.07) is 11.7. The Hall–Kier alpha value is 1.03. The van der Waals surface area contributed by atoms with E-state index in [9.17, 15) is 0 Å². The monoisotopic (exact) mass is 518 g/mol. The van der Waals surface area contributed by atoms with Crippen molar-refractivity contribution in [2.24, 2.45) is 0 Å². The van der Waals surface area contributed by atoms with Crippen LogP contribution in [0.4, 0.5) is 0 Å². The van der Waals surface area contributed by atoms with Crippen molar-refractivity contribution >= 4 is 66.3 Å². The lowest BCUT2D eigenvalue weighted by Crippen LogP contribution is -2.98. The molecule has 0 aliphatic heterocycles. The average Bonchev–Trinajstić information content (AvgIpc) is 2.48. The second-order valence-corrected chi connectivity index (χ2v) is 92.3. The molecule has 0 aliphatic carbocycles. The first-order valence-electron chi connectivity index (χ1n) is 10.8. The summed E-state index contributed by atoms with van der Waals surface area (Å²) in [7, 11) is -5.69. The molecule has 28 heavy (non-hydrogen) atoms. The molecule has 0 bridgehead atoms. The number of rotatable bonds is 7. The van der Waals surface area contributed by atoms with E-state index in [0.29, 0.717) is 0 Å². The summed E-state index contributed by atoms with van der Waals surface area (Å²) in [6.07, 6.45) is -2.18. The van der Waals surface area contributed by atoms with Gasteiger partial charge in [-0.15, -0.1) is 0 Å². The molecule has 8 heteroatoms. The first-order valence-corrected chi connectivity index (χ1v) is 38.9. The zero-order valence-corrected chi connectivity index (χ0v) is 29.0. The highest BCUT2D eigenvalue weighted by Gasteiger charge is 2.76. The van der Waals surface area contributed by atoms with Crippen LogP contribution in [0.1, 0.15) is 0 Å². The van der Waals surface area contributed by atoms with Gasteiger partial charge >= 0.3 is 0 Å². The highest BCUT2D eigenvalue weighted by molar-refractivity contribution is 8.18. The molecular weight excluding hydrogens is 472 g/mol. The van der Waals surface area contributed by atoms with Gasteiger partial charge in [0.25, 0.3) is 0 Å². The van der Waals surface area contributed by atoms with Crippen LogP contribution in [0.25, 0.3) is 0 Å². The summed E-state index contributed by atoms with van der Waals surface area (Å²) in [6.45, 7) is 34.6. The Labute approximate surface area is 187 Å². The Balaban J connectivity index is 4.31. The Morgan fingerprint density at radius 2 is 0.714 bits per heavy atom. The van der Waals surface area contributed by atoms with Gasteiger partial charge in [-0.2, -0.15) is 11.1 Å². The third-order valence-corrected chi connectivity index (χ3v) is 169. The second kappa shape index (κ2) is 7.86. The molecule has 0 aromatic heterocycles. The van der Waals surface area contributed by atoms with Crippen molar-refractivity contribution in [3.8, 4) is 0 Å². The van der Waals surface area contributed by atoms with Crippen molar-refractivity contribution in [2.45, 2.75) is 91.7 Å². The lowest BCUT2D eigenvalue weighted by atomic mass is 10.4. The molecule has 1 aromatic carbocycles. The van der Waals surface area contributed by atoms with E-state index in [1.807, 2.05) is 0 Å². The normalized spacial score (nSPS) is 15.7. The minimum Gasteiger partial charge on any atom is -0.169 e. The molecule has 0 nitrogen and oxygen atoms in total. The van der Waals surface area contributed by atoms with E-state index in [4.69, 9.17) is 11.1 Å². The molecule has 0 saturated carbocycles. The Bertz CT molecular complexity index is 610. The average molecular weight is 520 g/mol. The van der Waals surface area contributed by atoms with Crippen LogP contribution in [0.2, 0.25) is 91.7 Å². The van der Waals surface area contributed by atoms with Crippen LogP contribution >= 0.6 is 11.1 Å². The fourth-order valence-electron chi connectivity index (χ4n) is 6.06. The predicted molar refractivity (Wildman–Crippen MR) is 154 cm³/mol. The minimum absolute atomic E-state index is 1.42. The van der Waals surface area contributed by atoms with Gasteiger partial charge in [0.05, 0.1) is 13.3 Å².